The van der Waals surface area contributed by atoms with Crippen molar-refractivity contribution in [3.05, 3.63) is 16.8 Å². The number of rotatable bonds is 4. The Bertz CT molecular complexity index is 495. The molecule has 0 aliphatic heterocycles. The van der Waals surface area contributed by atoms with Crippen LogP contribution in [0.25, 0.3) is 10.2 Å². The third-order valence-electron chi connectivity index (χ3n) is 2.17. The molecule has 5 heteroatoms. The van der Waals surface area contributed by atoms with Gasteiger partial charge in [-0.05, 0) is 19.4 Å². The topological polar surface area (TPSA) is 61.0 Å². The molecule has 4 nitrogen and oxygen atoms in total. The third kappa shape index (κ3) is 2.31. The molecule has 0 fully saturated rings. The molecule has 2 N–H and O–H groups in total. The minimum Gasteiger partial charge on any atom is -0.383 e. The van der Waals surface area contributed by atoms with Gasteiger partial charge in [0.15, 0.2) is 5.82 Å². The number of hydrogen-bond acceptors (Lipinski definition) is 5. The molecule has 0 amide bonds. The second kappa shape index (κ2) is 4.76. The Kier molecular flexibility index (Phi) is 3.36. The molecule has 0 aliphatic carbocycles. The Morgan fingerprint density at radius 1 is 1.44 bits per heavy atom. The van der Waals surface area contributed by atoms with Gasteiger partial charge in [-0.15, -0.1) is 11.3 Å². The summed E-state index contributed by atoms with van der Waals surface area (Å²) in [7, 11) is 0. The van der Waals surface area contributed by atoms with E-state index in [1.54, 1.807) is 11.3 Å². The molecule has 0 bridgehead atoms. The van der Waals surface area contributed by atoms with Gasteiger partial charge in [0.2, 0.25) is 0 Å². The fourth-order valence-electron chi connectivity index (χ4n) is 1.48. The average Bonchev–Trinajstić information content (AvgIpc) is 2.60. The second-order valence-corrected chi connectivity index (χ2v) is 4.89. The molecular weight excluding hydrogens is 222 g/mol. The highest BCUT2D eigenvalue weighted by Gasteiger charge is 2.07. The summed E-state index contributed by atoms with van der Waals surface area (Å²) in [6, 6.07) is 2.02. The van der Waals surface area contributed by atoms with Crippen molar-refractivity contribution in [2.75, 3.05) is 12.3 Å². The van der Waals surface area contributed by atoms with Crippen LogP contribution in [0.5, 0.6) is 0 Å². The Morgan fingerprint density at radius 3 is 3.00 bits per heavy atom. The normalized spacial score (nSPS) is 11.1. The fraction of sp³-hybridized carbons (Fsp3) is 0.455. The van der Waals surface area contributed by atoms with Crippen LogP contribution in [0.2, 0.25) is 0 Å². The highest BCUT2D eigenvalue weighted by Crippen LogP contribution is 2.26. The smallest absolute Gasteiger partial charge is 0.158 e. The molecular formula is C11H15N3OS. The van der Waals surface area contributed by atoms with Crippen LogP contribution in [-0.4, -0.2) is 16.6 Å². The van der Waals surface area contributed by atoms with E-state index in [-0.39, 0.29) is 0 Å². The van der Waals surface area contributed by atoms with Gasteiger partial charge in [0.05, 0.1) is 5.39 Å². The van der Waals surface area contributed by atoms with Crippen LogP contribution >= 0.6 is 11.3 Å². The molecule has 2 aromatic rings. The zero-order valence-corrected chi connectivity index (χ0v) is 10.3. The number of nitrogen functional groups attached to an aromatic ring is 1. The van der Waals surface area contributed by atoms with Gasteiger partial charge in [0.1, 0.15) is 17.3 Å². The summed E-state index contributed by atoms with van der Waals surface area (Å²) in [6.45, 7) is 5.27. The molecule has 0 radical (unpaired) electrons. The summed E-state index contributed by atoms with van der Waals surface area (Å²) in [5, 5.41) is 0.946. The molecule has 0 saturated carbocycles. The summed E-state index contributed by atoms with van der Waals surface area (Å²) in [5.74, 6) is 1.21. The summed E-state index contributed by atoms with van der Waals surface area (Å²) in [6.07, 6.45) is 0.996. The van der Waals surface area contributed by atoms with Crippen LogP contribution in [0, 0.1) is 6.92 Å². The molecule has 0 aromatic carbocycles. The van der Waals surface area contributed by atoms with Crippen LogP contribution in [0.4, 0.5) is 5.82 Å². The first-order valence-corrected chi connectivity index (χ1v) is 6.12. The first kappa shape index (κ1) is 11.3. The van der Waals surface area contributed by atoms with Crippen LogP contribution in [0.15, 0.2) is 6.07 Å². The lowest BCUT2D eigenvalue weighted by Gasteiger charge is -2.02. The number of thiophene rings is 1. The van der Waals surface area contributed by atoms with Gasteiger partial charge in [-0.3, -0.25) is 0 Å². The van der Waals surface area contributed by atoms with Gasteiger partial charge in [0, 0.05) is 11.5 Å². The molecule has 2 rings (SSSR count). The number of ether oxygens (including phenoxy) is 1. The number of aromatic nitrogens is 2. The van der Waals surface area contributed by atoms with E-state index in [0.29, 0.717) is 18.2 Å². The van der Waals surface area contributed by atoms with Gasteiger partial charge in [-0.2, -0.15) is 0 Å². The maximum Gasteiger partial charge on any atom is 0.158 e. The molecule has 0 aliphatic rings. The fourth-order valence-corrected chi connectivity index (χ4v) is 2.39. The standard InChI is InChI=1S/C11H15N3OS/c1-3-4-15-6-9-13-10(12)8-5-7(2)16-11(8)14-9/h5H,3-4,6H2,1-2H3,(H2,12,13,14). The van der Waals surface area contributed by atoms with Crippen molar-refractivity contribution in [2.24, 2.45) is 0 Å². The lowest BCUT2D eigenvalue weighted by Crippen LogP contribution is -2.02. The molecule has 0 unspecified atom stereocenters. The van der Waals surface area contributed by atoms with Gasteiger partial charge in [0.25, 0.3) is 0 Å². The van der Waals surface area contributed by atoms with Gasteiger partial charge >= 0.3 is 0 Å². The molecule has 16 heavy (non-hydrogen) atoms. The number of aryl methyl sites for hydroxylation is 1. The van der Waals surface area contributed by atoms with Crippen molar-refractivity contribution < 1.29 is 4.74 Å². The number of nitrogens with two attached hydrogens (primary N) is 1. The predicted molar refractivity (Wildman–Crippen MR) is 66.5 cm³/mol. The average molecular weight is 237 g/mol. The Hall–Kier alpha value is -1.20. The lowest BCUT2D eigenvalue weighted by atomic mass is 10.3. The number of anilines is 1. The Balaban J connectivity index is 2.27. The van der Waals surface area contributed by atoms with Crippen LogP contribution in [0.1, 0.15) is 24.0 Å². The lowest BCUT2D eigenvalue weighted by molar-refractivity contribution is 0.116. The zero-order valence-electron chi connectivity index (χ0n) is 9.49. The molecule has 0 spiro atoms. The molecule has 86 valence electrons. The summed E-state index contributed by atoms with van der Waals surface area (Å²) in [5.41, 5.74) is 5.87. The van der Waals surface area contributed by atoms with E-state index in [9.17, 15) is 0 Å². The third-order valence-corrected chi connectivity index (χ3v) is 3.12. The maximum atomic E-state index is 5.87. The van der Waals surface area contributed by atoms with Crippen molar-refractivity contribution in [2.45, 2.75) is 26.9 Å². The van der Waals surface area contributed by atoms with Crippen LogP contribution in [0.3, 0.4) is 0 Å². The first-order chi connectivity index (χ1) is 7.70. The minimum absolute atomic E-state index is 0.435. The first-order valence-electron chi connectivity index (χ1n) is 5.31. The van der Waals surface area contributed by atoms with Gasteiger partial charge < -0.3 is 10.5 Å². The number of fused-ring (bicyclic) bond motifs is 1. The zero-order chi connectivity index (χ0) is 11.5. The Morgan fingerprint density at radius 2 is 2.25 bits per heavy atom. The van der Waals surface area contributed by atoms with Crippen LogP contribution < -0.4 is 5.73 Å². The van der Waals surface area contributed by atoms with E-state index < -0.39 is 0 Å². The highest BCUT2D eigenvalue weighted by atomic mass is 32.1. The molecule has 2 aromatic heterocycles. The second-order valence-electron chi connectivity index (χ2n) is 3.65. The molecule has 0 atom stereocenters. The van der Waals surface area contributed by atoms with Gasteiger partial charge in [-0.25, -0.2) is 9.97 Å². The summed E-state index contributed by atoms with van der Waals surface area (Å²) >= 11 is 1.63. The number of nitrogens with zero attached hydrogens (tertiary/aromatic N) is 2. The van der Waals surface area contributed by atoms with Crippen molar-refractivity contribution in [3.63, 3.8) is 0 Å². The van der Waals surface area contributed by atoms with Crippen molar-refractivity contribution in [3.8, 4) is 0 Å². The maximum absolute atomic E-state index is 5.87. The van der Waals surface area contributed by atoms with E-state index in [1.165, 1.54) is 4.88 Å². The quantitative estimate of drug-likeness (QED) is 0.830. The van der Waals surface area contributed by atoms with Crippen molar-refractivity contribution in [1.29, 1.82) is 0 Å². The summed E-state index contributed by atoms with van der Waals surface area (Å²) in [4.78, 5) is 10.8. The van der Waals surface area contributed by atoms with Gasteiger partial charge in [-0.1, -0.05) is 6.92 Å². The van der Waals surface area contributed by atoms with Crippen molar-refractivity contribution >= 4 is 27.4 Å². The van der Waals surface area contributed by atoms with E-state index >= 15 is 0 Å². The predicted octanol–water partition coefficient (Wildman–Crippen LogP) is 2.51. The number of hydrogen-bond donors (Lipinski definition) is 1. The van der Waals surface area contributed by atoms with E-state index in [4.69, 9.17) is 10.5 Å². The van der Waals surface area contributed by atoms with E-state index in [0.717, 1.165) is 23.2 Å². The SMILES string of the molecule is CCCOCc1nc(N)c2cc(C)sc2n1. The van der Waals surface area contributed by atoms with E-state index in [1.807, 2.05) is 13.0 Å². The Labute approximate surface area is 98.5 Å². The largest absolute Gasteiger partial charge is 0.383 e. The van der Waals surface area contributed by atoms with E-state index in [2.05, 4.69) is 16.9 Å². The monoisotopic (exact) mass is 237 g/mol. The molecule has 2 heterocycles. The van der Waals surface area contributed by atoms with Crippen molar-refractivity contribution in [1.82, 2.24) is 9.97 Å². The summed E-state index contributed by atoms with van der Waals surface area (Å²) < 4.78 is 5.40. The molecule has 0 saturated heterocycles. The minimum atomic E-state index is 0.435. The van der Waals surface area contributed by atoms with Crippen LogP contribution in [-0.2, 0) is 11.3 Å². The highest BCUT2D eigenvalue weighted by molar-refractivity contribution is 7.18.